The van der Waals surface area contributed by atoms with Crippen molar-refractivity contribution in [1.29, 1.82) is 0 Å². The van der Waals surface area contributed by atoms with E-state index in [4.69, 9.17) is 10.5 Å². The fraction of sp³-hybridized carbons (Fsp3) is 0.875. The van der Waals surface area contributed by atoms with E-state index in [9.17, 15) is 9.59 Å². The Kier molecular flexibility index (Phi) is 8.33. The normalized spacial score (nSPS) is 17.4. The molecule has 23 heavy (non-hydrogen) atoms. The SMILES string of the molecule is CC(C)(C)OC(=O)N[C@@H](CCCCN)C(=O)NN1CCCCC1. The number of carbonyl (C=O) groups is 2. The second-order valence-electron chi connectivity index (χ2n) is 7.01. The summed E-state index contributed by atoms with van der Waals surface area (Å²) in [7, 11) is 0. The highest BCUT2D eigenvalue weighted by Crippen LogP contribution is 2.10. The molecule has 1 saturated heterocycles. The molecule has 7 heteroatoms. The van der Waals surface area contributed by atoms with E-state index in [1.807, 2.05) is 5.01 Å². The molecule has 1 atom stereocenters. The van der Waals surface area contributed by atoms with Gasteiger partial charge in [0.1, 0.15) is 11.6 Å². The van der Waals surface area contributed by atoms with E-state index in [0.29, 0.717) is 13.0 Å². The Labute approximate surface area is 139 Å². The van der Waals surface area contributed by atoms with Crippen molar-refractivity contribution in [3.63, 3.8) is 0 Å². The Morgan fingerprint density at radius 1 is 1.17 bits per heavy atom. The van der Waals surface area contributed by atoms with Crippen LogP contribution in [-0.2, 0) is 9.53 Å². The van der Waals surface area contributed by atoms with Crippen molar-refractivity contribution < 1.29 is 14.3 Å². The first-order valence-corrected chi connectivity index (χ1v) is 8.57. The van der Waals surface area contributed by atoms with Crippen molar-refractivity contribution in [2.24, 2.45) is 5.73 Å². The van der Waals surface area contributed by atoms with Crippen molar-refractivity contribution in [3.05, 3.63) is 0 Å². The summed E-state index contributed by atoms with van der Waals surface area (Å²) >= 11 is 0. The number of unbranched alkanes of at least 4 members (excludes halogenated alkanes) is 1. The molecule has 0 saturated carbocycles. The Morgan fingerprint density at radius 3 is 2.39 bits per heavy atom. The van der Waals surface area contributed by atoms with Crippen molar-refractivity contribution in [1.82, 2.24) is 15.8 Å². The van der Waals surface area contributed by atoms with Gasteiger partial charge in [-0.25, -0.2) is 9.80 Å². The number of carbonyl (C=O) groups excluding carboxylic acids is 2. The maximum atomic E-state index is 12.5. The van der Waals surface area contributed by atoms with E-state index in [2.05, 4.69) is 10.7 Å². The van der Waals surface area contributed by atoms with E-state index in [1.165, 1.54) is 6.42 Å². The molecule has 0 aromatic heterocycles. The molecule has 1 fully saturated rings. The minimum absolute atomic E-state index is 0.185. The molecule has 1 aliphatic heterocycles. The quantitative estimate of drug-likeness (QED) is 0.616. The lowest BCUT2D eigenvalue weighted by molar-refractivity contribution is -0.128. The molecule has 0 aromatic rings. The van der Waals surface area contributed by atoms with Crippen LogP contribution in [0.5, 0.6) is 0 Å². The largest absolute Gasteiger partial charge is 0.444 e. The van der Waals surface area contributed by atoms with Crippen LogP contribution in [-0.4, -0.2) is 48.3 Å². The average Bonchev–Trinajstić information content (AvgIpc) is 2.45. The molecule has 4 N–H and O–H groups in total. The third-order valence-electron chi connectivity index (χ3n) is 3.58. The first kappa shape index (κ1) is 19.7. The first-order chi connectivity index (χ1) is 10.8. The smallest absolute Gasteiger partial charge is 0.408 e. The molecule has 134 valence electrons. The molecule has 7 nitrogen and oxygen atoms in total. The third kappa shape index (κ3) is 8.76. The monoisotopic (exact) mass is 328 g/mol. The van der Waals surface area contributed by atoms with Gasteiger partial charge in [0, 0.05) is 13.1 Å². The van der Waals surface area contributed by atoms with Gasteiger partial charge in [-0.05, 0) is 59.4 Å². The summed E-state index contributed by atoms with van der Waals surface area (Å²) in [6.07, 6.45) is 4.95. The summed E-state index contributed by atoms with van der Waals surface area (Å²) in [5, 5.41) is 4.61. The van der Waals surface area contributed by atoms with E-state index >= 15 is 0 Å². The minimum atomic E-state index is -0.599. The van der Waals surface area contributed by atoms with Crippen LogP contribution >= 0.6 is 0 Å². The highest BCUT2D eigenvalue weighted by molar-refractivity contribution is 5.85. The number of amides is 2. The first-order valence-electron chi connectivity index (χ1n) is 8.57. The van der Waals surface area contributed by atoms with Gasteiger partial charge in [-0.3, -0.25) is 10.2 Å². The zero-order valence-electron chi connectivity index (χ0n) is 14.7. The Hall–Kier alpha value is -1.34. The molecule has 0 aromatic carbocycles. The van der Waals surface area contributed by atoms with Gasteiger partial charge in [-0.1, -0.05) is 6.42 Å². The average molecular weight is 328 g/mol. The molecular weight excluding hydrogens is 296 g/mol. The van der Waals surface area contributed by atoms with Crippen LogP contribution in [0.2, 0.25) is 0 Å². The fourth-order valence-electron chi connectivity index (χ4n) is 2.45. The highest BCUT2D eigenvalue weighted by Gasteiger charge is 2.25. The summed E-state index contributed by atoms with van der Waals surface area (Å²) in [5.74, 6) is -0.185. The zero-order valence-corrected chi connectivity index (χ0v) is 14.7. The van der Waals surface area contributed by atoms with Crippen molar-refractivity contribution in [2.75, 3.05) is 19.6 Å². The summed E-state index contributed by atoms with van der Waals surface area (Å²) in [6, 6.07) is -0.599. The van der Waals surface area contributed by atoms with E-state index in [-0.39, 0.29) is 5.91 Å². The second kappa shape index (κ2) is 9.72. The lowest BCUT2D eigenvalue weighted by Gasteiger charge is -2.29. The van der Waals surface area contributed by atoms with Gasteiger partial charge in [-0.15, -0.1) is 0 Å². The lowest BCUT2D eigenvalue weighted by atomic mass is 10.1. The topological polar surface area (TPSA) is 96.7 Å². The van der Waals surface area contributed by atoms with E-state index in [0.717, 1.165) is 38.8 Å². The van der Waals surface area contributed by atoms with Crippen molar-refractivity contribution >= 4 is 12.0 Å². The molecule has 1 heterocycles. The number of nitrogens with zero attached hydrogens (tertiary/aromatic N) is 1. The van der Waals surface area contributed by atoms with Gasteiger partial charge in [-0.2, -0.15) is 0 Å². The van der Waals surface area contributed by atoms with E-state index < -0.39 is 17.7 Å². The predicted octanol–water partition coefficient (Wildman–Crippen LogP) is 1.53. The van der Waals surface area contributed by atoms with E-state index in [1.54, 1.807) is 20.8 Å². The van der Waals surface area contributed by atoms with Gasteiger partial charge < -0.3 is 15.8 Å². The van der Waals surface area contributed by atoms with Gasteiger partial charge in [0.2, 0.25) is 0 Å². The second-order valence-corrected chi connectivity index (χ2v) is 7.01. The number of hydrogen-bond donors (Lipinski definition) is 3. The summed E-state index contributed by atoms with van der Waals surface area (Å²) in [6.45, 7) is 7.67. The molecular formula is C16H32N4O3. The Morgan fingerprint density at radius 2 is 1.83 bits per heavy atom. The predicted molar refractivity (Wildman–Crippen MR) is 89.6 cm³/mol. The van der Waals surface area contributed by atoms with Gasteiger partial charge in [0.05, 0.1) is 0 Å². The number of piperidine rings is 1. The molecule has 0 spiro atoms. The zero-order chi connectivity index (χ0) is 17.3. The van der Waals surface area contributed by atoms with Crippen molar-refractivity contribution in [2.45, 2.75) is 70.9 Å². The van der Waals surface area contributed by atoms with Gasteiger partial charge >= 0.3 is 6.09 Å². The van der Waals surface area contributed by atoms with Crippen LogP contribution in [0.15, 0.2) is 0 Å². The fourth-order valence-corrected chi connectivity index (χ4v) is 2.45. The van der Waals surface area contributed by atoms with Gasteiger partial charge in [0.15, 0.2) is 0 Å². The number of rotatable bonds is 7. The van der Waals surface area contributed by atoms with Crippen LogP contribution in [0, 0.1) is 0 Å². The van der Waals surface area contributed by atoms with Crippen molar-refractivity contribution in [3.8, 4) is 0 Å². The van der Waals surface area contributed by atoms with Crippen LogP contribution in [0.4, 0.5) is 4.79 Å². The third-order valence-corrected chi connectivity index (χ3v) is 3.58. The molecule has 0 aliphatic carbocycles. The van der Waals surface area contributed by atoms with Crippen LogP contribution in [0.3, 0.4) is 0 Å². The summed E-state index contributed by atoms with van der Waals surface area (Å²) in [4.78, 5) is 24.4. The maximum absolute atomic E-state index is 12.5. The Bertz CT molecular complexity index is 376. The number of alkyl carbamates (subject to hydrolysis) is 1. The molecule has 1 rings (SSSR count). The standard InChI is InChI=1S/C16H32N4O3/c1-16(2,3)23-15(22)18-13(9-5-6-10-17)14(21)19-20-11-7-4-8-12-20/h13H,4-12,17H2,1-3H3,(H,18,22)(H,19,21)/t13-/m0/s1. The van der Waals surface area contributed by atoms with Gasteiger partial charge in [0.25, 0.3) is 5.91 Å². The number of nitrogens with one attached hydrogen (secondary N) is 2. The highest BCUT2D eigenvalue weighted by atomic mass is 16.6. The molecule has 0 bridgehead atoms. The molecule has 0 radical (unpaired) electrons. The number of hydrazine groups is 1. The molecule has 2 amide bonds. The summed E-state index contributed by atoms with van der Waals surface area (Å²) in [5.41, 5.74) is 7.82. The molecule has 1 aliphatic rings. The van der Waals surface area contributed by atoms with Crippen LogP contribution in [0.1, 0.15) is 59.3 Å². The minimum Gasteiger partial charge on any atom is -0.444 e. The maximum Gasteiger partial charge on any atom is 0.408 e. The number of hydrogen-bond acceptors (Lipinski definition) is 5. The van der Waals surface area contributed by atoms with Crippen LogP contribution < -0.4 is 16.5 Å². The summed E-state index contributed by atoms with van der Waals surface area (Å²) < 4.78 is 5.25. The van der Waals surface area contributed by atoms with Crippen LogP contribution in [0.25, 0.3) is 0 Å². The number of nitrogens with two attached hydrogens (primary N) is 1. The lowest BCUT2D eigenvalue weighted by Crippen LogP contribution is -2.54. The number of ether oxygens (including phenoxy) is 1. The molecule has 0 unspecified atom stereocenters. The Balaban J connectivity index is 2.55.